The van der Waals surface area contributed by atoms with Crippen LogP contribution in [0.25, 0.3) is 5.03 Å². The summed E-state index contributed by atoms with van der Waals surface area (Å²) in [5.74, 6) is 0. The fraction of sp³-hybridized carbons (Fsp3) is 0.360. The molecule has 1 spiro atoms. The molecule has 1 saturated heterocycles. The van der Waals surface area contributed by atoms with Gasteiger partial charge >= 0.3 is 0 Å². The minimum atomic E-state index is -3.61. The van der Waals surface area contributed by atoms with Crippen molar-refractivity contribution in [1.82, 2.24) is 4.31 Å². The number of sulfonamides is 1. The minimum absolute atomic E-state index is 0.0808. The van der Waals surface area contributed by atoms with Gasteiger partial charge in [-0.15, -0.1) is 0 Å². The van der Waals surface area contributed by atoms with E-state index < -0.39 is 10.0 Å². The molecule has 1 atom stereocenters. The van der Waals surface area contributed by atoms with Crippen molar-refractivity contribution in [3.63, 3.8) is 0 Å². The molecule has 1 aliphatic heterocycles. The SMILES string of the molecule is Cc1ccc(S(=O)(=O)N2C/C(=C(\Cl)c3ccccc3)C3(C=CCC(C)(C)C3)C2)cc1. The van der Waals surface area contributed by atoms with Crippen LogP contribution in [0.15, 0.2) is 77.2 Å². The van der Waals surface area contributed by atoms with Crippen LogP contribution < -0.4 is 0 Å². The Balaban J connectivity index is 1.82. The molecule has 1 fully saturated rings. The second-order valence-electron chi connectivity index (χ2n) is 9.35. The molecule has 30 heavy (non-hydrogen) atoms. The summed E-state index contributed by atoms with van der Waals surface area (Å²) in [5.41, 5.74) is 2.66. The molecular formula is C25H28ClNO2S. The molecule has 0 bridgehead atoms. The largest absolute Gasteiger partial charge is 0.243 e. The fourth-order valence-corrected chi connectivity index (χ4v) is 6.63. The third-order valence-corrected chi connectivity index (χ3v) is 8.50. The van der Waals surface area contributed by atoms with Crippen LogP contribution in [0.3, 0.4) is 0 Å². The highest BCUT2D eigenvalue weighted by Crippen LogP contribution is 2.53. The van der Waals surface area contributed by atoms with E-state index in [2.05, 4.69) is 26.0 Å². The maximum atomic E-state index is 13.5. The van der Waals surface area contributed by atoms with E-state index in [1.807, 2.05) is 49.4 Å². The van der Waals surface area contributed by atoms with Crippen molar-refractivity contribution >= 4 is 26.7 Å². The summed E-state index contributed by atoms with van der Waals surface area (Å²) in [5, 5.41) is 0.666. The normalized spacial score (nSPS) is 25.6. The molecule has 1 unspecified atom stereocenters. The standard InChI is InChI=1S/C25H28ClNO2S/c1-19-10-12-21(13-11-19)30(28,29)27-16-22(23(26)20-8-5-4-6-9-20)25(18-27)15-7-14-24(2,3)17-25/h4-13,15H,14,16-18H2,1-3H3/b23-22+. The van der Waals surface area contributed by atoms with Crippen molar-refractivity contribution in [2.24, 2.45) is 10.8 Å². The Morgan fingerprint density at radius 3 is 2.33 bits per heavy atom. The molecule has 5 heteroatoms. The predicted octanol–water partition coefficient (Wildman–Crippen LogP) is 6.01. The second kappa shape index (κ2) is 7.67. The van der Waals surface area contributed by atoms with Crippen LogP contribution in [0.1, 0.15) is 37.8 Å². The number of benzene rings is 2. The lowest BCUT2D eigenvalue weighted by molar-refractivity contribution is 0.224. The summed E-state index contributed by atoms with van der Waals surface area (Å²) in [6, 6.07) is 16.9. The third-order valence-electron chi connectivity index (χ3n) is 6.25. The third kappa shape index (κ3) is 3.89. The first-order valence-electron chi connectivity index (χ1n) is 10.3. The van der Waals surface area contributed by atoms with E-state index in [0.717, 1.165) is 29.5 Å². The number of hydrogen-bond acceptors (Lipinski definition) is 2. The molecule has 0 radical (unpaired) electrons. The number of allylic oxidation sites excluding steroid dienone is 1. The van der Waals surface area contributed by atoms with Gasteiger partial charge in [-0.1, -0.05) is 85.6 Å². The molecule has 2 aromatic rings. The molecule has 1 heterocycles. The van der Waals surface area contributed by atoms with Gasteiger partial charge in [0.1, 0.15) is 0 Å². The number of hydrogen-bond donors (Lipinski definition) is 0. The Morgan fingerprint density at radius 1 is 1.03 bits per heavy atom. The van der Waals surface area contributed by atoms with E-state index >= 15 is 0 Å². The van der Waals surface area contributed by atoms with Gasteiger partial charge in [-0.25, -0.2) is 8.42 Å². The van der Waals surface area contributed by atoms with Gasteiger partial charge in [-0.3, -0.25) is 0 Å². The number of aryl methyl sites for hydroxylation is 1. The smallest absolute Gasteiger partial charge is 0.207 e. The van der Waals surface area contributed by atoms with Crippen LogP contribution in [-0.2, 0) is 10.0 Å². The quantitative estimate of drug-likeness (QED) is 0.547. The van der Waals surface area contributed by atoms with Gasteiger partial charge in [0.15, 0.2) is 0 Å². The number of rotatable bonds is 3. The van der Waals surface area contributed by atoms with Crippen molar-refractivity contribution in [2.75, 3.05) is 13.1 Å². The lowest BCUT2D eigenvalue weighted by Crippen LogP contribution is -2.35. The molecule has 0 amide bonds. The first-order valence-corrected chi connectivity index (χ1v) is 12.1. The first-order chi connectivity index (χ1) is 14.1. The highest BCUT2D eigenvalue weighted by molar-refractivity contribution is 7.89. The topological polar surface area (TPSA) is 37.4 Å². The summed E-state index contributed by atoms with van der Waals surface area (Å²) in [4.78, 5) is 0.333. The lowest BCUT2D eigenvalue weighted by Gasteiger charge is -2.40. The Kier molecular flexibility index (Phi) is 5.46. The Hall–Kier alpha value is -1.88. The monoisotopic (exact) mass is 441 g/mol. The van der Waals surface area contributed by atoms with Crippen molar-refractivity contribution in [3.05, 3.63) is 83.4 Å². The van der Waals surface area contributed by atoms with Crippen LogP contribution >= 0.6 is 11.6 Å². The fourth-order valence-electron chi connectivity index (χ4n) is 4.78. The Morgan fingerprint density at radius 2 is 1.70 bits per heavy atom. The maximum Gasteiger partial charge on any atom is 0.243 e. The van der Waals surface area contributed by atoms with Crippen molar-refractivity contribution < 1.29 is 8.42 Å². The molecule has 0 aromatic heterocycles. The van der Waals surface area contributed by atoms with E-state index in [9.17, 15) is 8.42 Å². The summed E-state index contributed by atoms with van der Waals surface area (Å²) >= 11 is 6.93. The van der Waals surface area contributed by atoms with Crippen LogP contribution in [0.2, 0.25) is 0 Å². The molecule has 1 aliphatic carbocycles. The van der Waals surface area contributed by atoms with E-state index in [1.165, 1.54) is 0 Å². The van der Waals surface area contributed by atoms with Crippen LogP contribution in [0, 0.1) is 17.8 Å². The average molecular weight is 442 g/mol. The summed E-state index contributed by atoms with van der Waals surface area (Å²) < 4.78 is 28.5. The number of nitrogens with zero attached hydrogens (tertiary/aromatic N) is 1. The molecule has 0 N–H and O–H groups in total. The van der Waals surface area contributed by atoms with E-state index in [-0.39, 0.29) is 10.8 Å². The Labute approximate surface area is 185 Å². The van der Waals surface area contributed by atoms with E-state index in [4.69, 9.17) is 11.6 Å². The van der Waals surface area contributed by atoms with E-state index in [1.54, 1.807) is 16.4 Å². The maximum absolute atomic E-state index is 13.5. The highest BCUT2D eigenvalue weighted by Gasteiger charge is 2.49. The van der Waals surface area contributed by atoms with Crippen molar-refractivity contribution in [2.45, 2.75) is 38.5 Å². The van der Waals surface area contributed by atoms with Crippen LogP contribution in [0.5, 0.6) is 0 Å². The molecule has 2 aliphatic rings. The highest BCUT2D eigenvalue weighted by atomic mass is 35.5. The van der Waals surface area contributed by atoms with Crippen LogP contribution in [-0.4, -0.2) is 25.8 Å². The summed E-state index contributed by atoms with van der Waals surface area (Å²) in [6.45, 7) is 7.16. The van der Waals surface area contributed by atoms with Crippen molar-refractivity contribution in [1.29, 1.82) is 0 Å². The molecule has 0 saturated carbocycles. The number of halogens is 1. The van der Waals surface area contributed by atoms with Gasteiger partial charge in [-0.2, -0.15) is 4.31 Å². The summed E-state index contributed by atoms with van der Waals surface area (Å²) in [7, 11) is -3.61. The molecular weight excluding hydrogens is 414 g/mol. The van der Waals surface area contributed by atoms with Gasteiger partial charge < -0.3 is 0 Å². The van der Waals surface area contributed by atoms with Gasteiger partial charge in [0.05, 0.1) is 4.90 Å². The zero-order chi connectivity index (χ0) is 21.6. The first kappa shape index (κ1) is 21.4. The summed E-state index contributed by atoms with van der Waals surface area (Å²) in [6.07, 6.45) is 6.24. The molecule has 158 valence electrons. The Bertz CT molecular complexity index is 1100. The second-order valence-corrected chi connectivity index (χ2v) is 11.7. The molecule has 4 rings (SSSR count). The zero-order valence-corrected chi connectivity index (χ0v) is 19.3. The molecule has 2 aromatic carbocycles. The minimum Gasteiger partial charge on any atom is -0.207 e. The molecule has 3 nitrogen and oxygen atoms in total. The van der Waals surface area contributed by atoms with Crippen LogP contribution in [0.4, 0.5) is 0 Å². The van der Waals surface area contributed by atoms with E-state index in [0.29, 0.717) is 23.0 Å². The van der Waals surface area contributed by atoms with Gasteiger partial charge in [0.2, 0.25) is 10.0 Å². The van der Waals surface area contributed by atoms with Gasteiger partial charge in [0.25, 0.3) is 0 Å². The zero-order valence-electron chi connectivity index (χ0n) is 17.7. The predicted molar refractivity (Wildman–Crippen MR) is 124 cm³/mol. The van der Waals surface area contributed by atoms with Gasteiger partial charge in [-0.05, 0) is 48.4 Å². The lowest BCUT2D eigenvalue weighted by atomic mass is 9.65. The average Bonchev–Trinajstić information content (AvgIpc) is 3.06. The van der Waals surface area contributed by atoms with Gasteiger partial charge in [0, 0.05) is 23.5 Å². The van der Waals surface area contributed by atoms with Crippen molar-refractivity contribution in [3.8, 4) is 0 Å².